The normalized spacial score (nSPS) is 11.1. The van der Waals surface area contributed by atoms with Crippen LogP contribution in [0.15, 0.2) is 0 Å². The van der Waals surface area contributed by atoms with Crippen molar-refractivity contribution in [3.63, 3.8) is 0 Å². The van der Waals surface area contributed by atoms with Crippen molar-refractivity contribution in [2.45, 2.75) is 13.8 Å². The molecule has 0 radical (unpaired) electrons. The number of fused-ring (bicyclic) bond motifs is 1. The summed E-state index contributed by atoms with van der Waals surface area (Å²) in [5.74, 6) is 0.649. The van der Waals surface area contributed by atoms with Crippen LogP contribution in [0.3, 0.4) is 0 Å². The van der Waals surface area contributed by atoms with Gasteiger partial charge in [-0.05, 0) is 13.8 Å². The monoisotopic (exact) mass is 196 g/mol. The third kappa shape index (κ3) is 1.18. The number of aromatic nitrogens is 4. The standard InChI is InChI=1S/C8H9ClN4/c1-4-6-7(9)10-5(2)11-8(6)12-13(4)3/h1-3H3. The molecule has 0 aromatic carbocycles. The van der Waals surface area contributed by atoms with Crippen LogP contribution in [0.25, 0.3) is 11.0 Å². The second-order valence-corrected chi connectivity index (χ2v) is 3.33. The Kier molecular flexibility index (Phi) is 1.73. The third-order valence-corrected chi connectivity index (χ3v) is 2.32. The van der Waals surface area contributed by atoms with Gasteiger partial charge in [-0.25, -0.2) is 9.97 Å². The zero-order valence-corrected chi connectivity index (χ0v) is 8.42. The third-order valence-electron chi connectivity index (χ3n) is 2.05. The van der Waals surface area contributed by atoms with Crippen LogP contribution in [0.2, 0.25) is 5.15 Å². The van der Waals surface area contributed by atoms with Gasteiger partial charge in [0.15, 0.2) is 5.65 Å². The molecule has 68 valence electrons. The highest BCUT2D eigenvalue weighted by atomic mass is 35.5. The van der Waals surface area contributed by atoms with E-state index in [4.69, 9.17) is 11.6 Å². The first-order valence-electron chi connectivity index (χ1n) is 3.93. The van der Waals surface area contributed by atoms with Gasteiger partial charge in [-0.2, -0.15) is 5.10 Å². The van der Waals surface area contributed by atoms with Crippen molar-refractivity contribution < 1.29 is 0 Å². The Morgan fingerprint density at radius 3 is 2.62 bits per heavy atom. The minimum absolute atomic E-state index is 0.480. The summed E-state index contributed by atoms with van der Waals surface area (Å²) < 4.78 is 1.75. The Labute approximate surface area is 80.6 Å². The fourth-order valence-corrected chi connectivity index (χ4v) is 1.63. The van der Waals surface area contributed by atoms with Crippen molar-refractivity contribution >= 4 is 22.6 Å². The molecule has 2 heterocycles. The summed E-state index contributed by atoms with van der Waals surface area (Å²) in [6.45, 7) is 3.75. The molecule has 13 heavy (non-hydrogen) atoms. The van der Waals surface area contributed by atoms with Gasteiger partial charge in [-0.15, -0.1) is 0 Å². The molecule has 4 nitrogen and oxygen atoms in total. The van der Waals surface area contributed by atoms with Crippen LogP contribution in [-0.4, -0.2) is 19.7 Å². The van der Waals surface area contributed by atoms with Crippen molar-refractivity contribution in [3.05, 3.63) is 16.7 Å². The highest BCUT2D eigenvalue weighted by Crippen LogP contribution is 2.22. The lowest BCUT2D eigenvalue weighted by Crippen LogP contribution is -1.91. The molecular weight excluding hydrogens is 188 g/mol. The van der Waals surface area contributed by atoms with Gasteiger partial charge in [0.1, 0.15) is 11.0 Å². The molecule has 0 aliphatic heterocycles. The van der Waals surface area contributed by atoms with E-state index < -0.39 is 0 Å². The van der Waals surface area contributed by atoms with Crippen LogP contribution in [0.4, 0.5) is 0 Å². The van der Waals surface area contributed by atoms with Gasteiger partial charge in [0.2, 0.25) is 0 Å². The molecule has 0 aliphatic carbocycles. The Bertz CT molecular complexity index is 474. The van der Waals surface area contributed by atoms with Crippen LogP contribution in [0.5, 0.6) is 0 Å². The molecule has 0 spiro atoms. The maximum absolute atomic E-state index is 5.98. The van der Waals surface area contributed by atoms with E-state index in [1.165, 1.54) is 0 Å². The SMILES string of the molecule is Cc1nc(Cl)c2c(C)n(C)nc2n1. The average molecular weight is 197 g/mol. The quantitative estimate of drug-likeness (QED) is 0.602. The lowest BCUT2D eigenvalue weighted by molar-refractivity contribution is 0.747. The maximum Gasteiger partial charge on any atom is 0.186 e. The number of aryl methyl sites for hydroxylation is 3. The average Bonchev–Trinajstić information content (AvgIpc) is 2.27. The largest absolute Gasteiger partial charge is 0.270 e. The van der Waals surface area contributed by atoms with E-state index in [0.29, 0.717) is 16.6 Å². The summed E-state index contributed by atoms with van der Waals surface area (Å²) in [6, 6.07) is 0. The Balaban J connectivity index is 2.94. The van der Waals surface area contributed by atoms with Crippen molar-refractivity contribution in [3.8, 4) is 0 Å². The summed E-state index contributed by atoms with van der Waals surface area (Å²) in [7, 11) is 1.86. The molecule has 2 aromatic heterocycles. The predicted octanol–water partition coefficient (Wildman–Crippen LogP) is 1.63. The van der Waals surface area contributed by atoms with Crippen LogP contribution < -0.4 is 0 Å². The molecule has 0 saturated heterocycles. The van der Waals surface area contributed by atoms with Crippen molar-refractivity contribution in [1.82, 2.24) is 19.7 Å². The highest BCUT2D eigenvalue weighted by Gasteiger charge is 2.11. The zero-order chi connectivity index (χ0) is 9.59. The molecule has 0 unspecified atom stereocenters. The van der Waals surface area contributed by atoms with E-state index in [1.807, 2.05) is 14.0 Å². The summed E-state index contributed by atoms with van der Waals surface area (Å²) in [5.41, 5.74) is 1.65. The lowest BCUT2D eigenvalue weighted by Gasteiger charge is -1.95. The summed E-state index contributed by atoms with van der Waals surface area (Å²) in [5, 5.41) is 5.54. The second kappa shape index (κ2) is 2.67. The first-order valence-corrected chi connectivity index (χ1v) is 4.31. The number of halogens is 1. The first-order chi connectivity index (χ1) is 6.09. The second-order valence-electron chi connectivity index (χ2n) is 2.97. The first kappa shape index (κ1) is 8.44. The number of nitrogens with zero attached hydrogens (tertiary/aromatic N) is 4. The smallest absolute Gasteiger partial charge is 0.186 e. The number of hydrogen-bond acceptors (Lipinski definition) is 3. The summed E-state index contributed by atoms with van der Waals surface area (Å²) in [6.07, 6.45) is 0. The van der Waals surface area contributed by atoms with Crippen LogP contribution in [-0.2, 0) is 7.05 Å². The molecule has 0 bridgehead atoms. The summed E-state index contributed by atoms with van der Waals surface area (Å²) in [4.78, 5) is 8.27. The van der Waals surface area contributed by atoms with Gasteiger partial charge in [0, 0.05) is 12.7 Å². The Morgan fingerprint density at radius 2 is 1.92 bits per heavy atom. The Morgan fingerprint density at radius 1 is 1.23 bits per heavy atom. The molecule has 2 aromatic rings. The van der Waals surface area contributed by atoms with Gasteiger partial charge in [-0.3, -0.25) is 4.68 Å². The van der Waals surface area contributed by atoms with Gasteiger partial charge in [0.25, 0.3) is 0 Å². The summed E-state index contributed by atoms with van der Waals surface area (Å²) >= 11 is 5.98. The van der Waals surface area contributed by atoms with E-state index in [9.17, 15) is 0 Å². The van der Waals surface area contributed by atoms with Gasteiger partial charge < -0.3 is 0 Å². The van der Waals surface area contributed by atoms with E-state index in [0.717, 1.165) is 11.1 Å². The fourth-order valence-electron chi connectivity index (χ4n) is 1.29. The van der Waals surface area contributed by atoms with E-state index in [2.05, 4.69) is 15.1 Å². The van der Waals surface area contributed by atoms with Gasteiger partial charge in [0.05, 0.1) is 5.39 Å². The van der Waals surface area contributed by atoms with Crippen molar-refractivity contribution in [1.29, 1.82) is 0 Å². The molecule has 0 atom stereocenters. The molecular formula is C8H9ClN4. The minimum Gasteiger partial charge on any atom is -0.270 e. The van der Waals surface area contributed by atoms with Gasteiger partial charge in [-0.1, -0.05) is 11.6 Å². The van der Waals surface area contributed by atoms with Crippen molar-refractivity contribution in [2.24, 2.45) is 7.05 Å². The van der Waals surface area contributed by atoms with Gasteiger partial charge >= 0.3 is 0 Å². The van der Waals surface area contributed by atoms with E-state index in [1.54, 1.807) is 11.6 Å². The molecule has 0 fully saturated rings. The Hall–Kier alpha value is -1.16. The molecule has 2 rings (SSSR count). The zero-order valence-electron chi connectivity index (χ0n) is 7.67. The van der Waals surface area contributed by atoms with Crippen molar-refractivity contribution in [2.75, 3.05) is 0 Å². The highest BCUT2D eigenvalue weighted by molar-refractivity contribution is 6.34. The molecule has 5 heteroatoms. The minimum atomic E-state index is 0.480. The topological polar surface area (TPSA) is 43.6 Å². The molecule has 0 N–H and O–H groups in total. The maximum atomic E-state index is 5.98. The number of hydrogen-bond donors (Lipinski definition) is 0. The van der Waals surface area contributed by atoms with Crippen LogP contribution >= 0.6 is 11.6 Å². The lowest BCUT2D eigenvalue weighted by atomic mass is 10.3. The van der Waals surface area contributed by atoms with E-state index in [-0.39, 0.29) is 0 Å². The molecule has 0 aliphatic rings. The molecule has 0 saturated carbocycles. The fraction of sp³-hybridized carbons (Fsp3) is 0.375. The van der Waals surface area contributed by atoms with Crippen LogP contribution in [0.1, 0.15) is 11.5 Å². The molecule has 0 amide bonds. The number of rotatable bonds is 0. The van der Waals surface area contributed by atoms with Crippen LogP contribution in [0, 0.1) is 13.8 Å². The van der Waals surface area contributed by atoms with E-state index >= 15 is 0 Å². The predicted molar refractivity (Wildman–Crippen MR) is 50.8 cm³/mol.